The predicted molar refractivity (Wildman–Crippen MR) is 164 cm³/mol. The molecule has 9 nitrogen and oxygen atoms in total. The summed E-state index contributed by atoms with van der Waals surface area (Å²) in [5.74, 6) is 0.992. The molecule has 0 saturated carbocycles. The minimum absolute atomic E-state index is 0.102. The van der Waals surface area contributed by atoms with Crippen molar-refractivity contribution in [3.63, 3.8) is 0 Å². The molecule has 1 fully saturated rings. The van der Waals surface area contributed by atoms with E-state index in [0.29, 0.717) is 73.8 Å². The van der Waals surface area contributed by atoms with Crippen LogP contribution in [0.15, 0.2) is 83.9 Å². The van der Waals surface area contributed by atoms with E-state index in [-0.39, 0.29) is 23.9 Å². The summed E-state index contributed by atoms with van der Waals surface area (Å²) in [6.45, 7) is 2.04. The van der Waals surface area contributed by atoms with E-state index in [1.165, 1.54) is 4.68 Å². The lowest BCUT2D eigenvalue weighted by Crippen LogP contribution is -2.43. The summed E-state index contributed by atoms with van der Waals surface area (Å²) in [5.41, 5.74) is 1.45. The maximum Gasteiger partial charge on any atom is 0.282 e. The molecule has 0 bridgehead atoms. The zero-order valence-corrected chi connectivity index (χ0v) is 25.3. The van der Waals surface area contributed by atoms with Gasteiger partial charge in [0.1, 0.15) is 11.3 Å². The lowest BCUT2D eigenvalue weighted by molar-refractivity contribution is -0.137. The van der Waals surface area contributed by atoms with E-state index in [0.717, 1.165) is 5.39 Å². The second kappa shape index (κ2) is 11.8. The van der Waals surface area contributed by atoms with Crippen LogP contribution in [0.25, 0.3) is 33.5 Å². The SMILES string of the molecule is O=C(COc1c(Br)cc(C=Nn2c(-c3cc4cc(Cl)ccc4o3)nc3ccccc3c2=O)cc1Br)N1CCOCC1. The van der Waals surface area contributed by atoms with Crippen molar-refractivity contribution in [3.05, 3.63) is 90.5 Å². The number of rotatable bonds is 6. The molecular formula is C29H21Br2ClN4O5. The van der Waals surface area contributed by atoms with Crippen molar-refractivity contribution < 1.29 is 18.7 Å². The molecule has 3 aromatic carbocycles. The first kappa shape index (κ1) is 27.6. The van der Waals surface area contributed by atoms with Crippen LogP contribution in [0.2, 0.25) is 5.02 Å². The van der Waals surface area contributed by atoms with Gasteiger partial charge in [-0.25, -0.2) is 4.98 Å². The molecule has 6 rings (SSSR count). The highest BCUT2D eigenvalue weighted by atomic mass is 79.9. The molecule has 0 radical (unpaired) electrons. The maximum atomic E-state index is 13.5. The van der Waals surface area contributed by atoms with E-state index in [9.17, 15) is 9.59 Å². The molecule has 0 spiro atoms. The van der Waals surface area contributed by atoms with Gasteiger partial charge in [-0.15, -0.1) is 0 Å². The third-order valence-corrected chi connectivity index (χ3v) is 7.91. The van der Waals surface area contributed by atoms with Crippen molar-refractivity contribution in [2.75, 3.05) is 32.9 Å². The lowest BCUT2D eigenvalue weighted by Gasteiger charge is -2.26. The molecule has 0 unspecified atom stereocenters. The van der Waals surface area contributed by atoms with Crippen LogP contribution in [-0.2, 0) is 9.53 Å². The molecule has 41 heavy (non-hydrogen) atoms. The second-order valence-electron chi connectivity index (χ2n) is 9.20. The minimum Gasteiger partial charge on any atom is -0.481 e. The van der Waals surface area contributed by atoms with Gasteiger partial charge in [0.2, 0.25) is 5.82 Å². The Morgan fingerprint density at radius 2 is 1.83 bits per heavy atom. The van der Waals surface area contributed by atoms with Gasteiger partial charge in [-0.05, 0) is 86.0 Å². The molecule has 1 aliphatic rings. The first-order chi connectivity index (χ1) is 19.9. The number of aromatic nitrogens is 2. The minimum atomic E-state index is -0.347. The normalized spacial score (nSPS) is 13.9. The van der Waals surface area contributed by atoms with Gasteiger partial charge in [-0.2, -0.15) is 9.78 Å². The number of fused-ring (bicyclic) bond motifs is 2. The van der Waals surface area contributed by atoms with Gasteiger partial charge in [0, 0.05) is 23.5 Å². The summed E-state index contributed by atoms with van der Waals surface area (Å²) < 4.78 is 19.6. The molecule has 3 heterocycles. The van der Waals surface area contributed by atoms with E-state index in [1.807, 2.05) is 6.07 Å². The average molecular weight is 701 g/mol. The summed E-state index contributed by atoms with van der Waals surface area (Å²) in [4.78, 5) is 32.5. The number of hydrogen-bond acceptors (Lipinski definition) is 7. The van der Waals surface area contributed by atoms with Crippen molar-refractivity contribution in [3.8, 4) is 17.3 Å². The predicted octanol–water partition coefficient (Wildman–Crippen LogP) is 6.11. The molecule has 1 amide bonds. The molecule has 0 atom stereocenters. The molecule has 12 heteroatoms. The first-order valence-electron chi connectivity index (χ1n) is 12.6. The highest BCUT2D eigenvalue weighted by Gasteiger charge is 2.19. The fourth-order valence-electron chi connectivity index (χ4n) is 4.47. The number of amides is 1. The quantitative estimate of drug-likeness (QED) is 0.199. The fourth-order valence-corrected chi connectivity index (χ4v) is 6.10. The zero-order valence-electron chi connectivity index (χ0n) is 21.4. The monoisotopic (exact) mass is 698 g/mol. The number of carbonyl (C=O) groups excluding carboxylic acids is 1. The Bertz CT molecular complexity index is 1860. The largest absolute Gasteiger partial charge is 0.481 e. The van der Waals surface area contributed by atoms with Crippen molar-refractivity contribution in [1.29, 1.82) is 0 Å². The van der Waals surface area contributed by atoms with E-state index in [2.05, 4.69) is 37.0 Å². The van der Waals surface area contributed by atoms with Gasteiger partial charge in [0.15, 0.2) is 12.4 Å². The number of furan rings is 1. The Morgan fingerprint density at radius 3 is 2.61 bits per heavy atom. The van der Waals surface area contributed by atoms with Crippen molar-refractivity contribution >= 4 is 77.5 Å². The lowest BCUT2D eigenvalue weighted by atomic mass is 10.2. The topological polar surface area (TPSA) is 99.2 Å². The summed E-state index contributed by atoms with van der Waals surface area (Å²) in [6, 6.07) is 17.7. The van der Waals surface area contributed by atoms with Crippen LogP contribution in [0, 0.1) is 0 Å². The first-order valence-corrected chi connectivity index (χ1v) is 14.6. The summed E-state index contributed by atoms with van der Waals surface area (Å²) in [6.07, 6.45) is 1.54. The van der Waals surface area contributed by atoms with Crippen LogP contribution in [0.3, 0.4) is 0 Å². The van der Waals surface area contributed by atoms with Crippen LogP contribution < -0.4 is 10.3 Å². The van der Waals surface area contributed by atoms with Crippen LogP contribution in [0.1, 0.15) is 5.56 Å². The van der Waals surface area contributed by atoms with Crippen LogP contribution >= 0.6 is 43.5 Å². The number of nitrogens with zero attached hydrogens (tertiary/aromatic N) is 4. The van der Waals surface area contributed by atoms with E-state index in [1.54, 1.807) is 65.7 Å². The third-order valence-electron chi connectivity index (χ3n) is 6.50. The average Bonchev–Trinajstić information content (AvgIpc) is 3.39. The number of hydrogen-bond donors (Lipinski definition) is 0. The van der Waals surface area contributed by atoms with Crippen molar-refractivity contribution in [2.24, 2.45) is 5.10 Å². The Morgan fingerprint density at radius 1 is 1.07 bits per heavy atom. The Labute approximate surface area is 255 Å². The van der Waals surface area contributed by atoms with Gasteiger partial charge in [0.05, 0.1) is 39.3 Å². The van der Waals surface area contributed by atoms with E-state index in [4.69, 9.17) is 30.5 Å². The highest BCUT2D eigenvalue weighted by Crippen LogP contribution is 2.35. The number of para-hydroxylation sites is 1. The van der Waals surface area contributed by atoms with Gasteiger partial charge >= 0.3 is 0 Å². The molecule has 1 aliphatic heterocycles. The standard InChI is InChI=1S/C29H21Br2ClN4O5/c30-21-11-17(12-22(31)27(21)40-16-26(37)35-7-9-39-10-8-35)15-33-36-28(34-23-4-2-1-3-20(23)29(36)38)25-14-18-13-19(32)5-6-24(18)41-25/h1-6,11-15H,7-10,16H2. The molecule has 208 valence electrons. The van der Waals surface area contributed by atoms with Crippen molar-refractivity contribution in [1.82, 2.24) is 14.6 Å². The Balaban J connectivity index is 1.33. The molecular weight excluding hydrogens is 680 g/mol. The molecule has 2 aromatic heterocycles. The van der Waals surface area contributed by atoms with Gasteiger partial charge in [0.25, 0.3) is 11.5 Å². The van der Waals surface area contributed by atoms with Gasteiger partial charge in [-0.3, -0.25) is 9.59 Å². The number of carbonyl (C=O) groups is 1. The zero-order chi connectivity index (χ0) is 28.5. The summed E-state index contributed by atoms with van der Waals surface area (Å²) in [5, 5.41) is 6.28. The number of morpholine rings is 1. The number of benzene rings is 3. The van der Waals surface area contributed by atoms with Crippen molar-refractivity contribution in [2.45, 2.75) is 0 Å². The van der Waals surface area contributed by atoms with Crippen LogP contribution in [0.5, 0.6) is 5.75 Å². The molecule has 5 aromatic rings. The maximum absolute atomic E-state index is 13.5. The highest BCUT2D eigenvalue weighted by molar-refractivity contribution is 9.11. The number of halogens is 3. The molecule has 1 saturated heterocycles. The van der Waals surface area contributed by atoms with Crippen LogP contribution in [-0.4, -0.2) is 59.6 Å². The van der Waals surface area contributed by atoms with E-state index < -0.39 is 0 Å². The summed E-state index contributed by atoms with van der Waals surface area (Å²) >= 11 is 13.2. The summed E-state index contributed by atoms with van der Waals surface area (Å²) in [7, 11) is 0. The second-order valence-corrected chi connectivity index (χ2v) is 11.3. The van der Waals surface area contributed by atoms with Gasteiger partial charge in [-0.1, -0.05) is 23.7 Å². The Hall–Kier alpha value is -3.51. The smallest absolute Gasteiger partial charge is 0.282 e. The third kappa shape index (κ3) is 5.80. The van der Waals surface area contributed by atoms with Crippen LogP contribution in [0.4, 0.5) is 0 Å². The number of ether oxygens (including phenoxy) is 2. The van der Waals surface area contributed by atoms with Gasteiger partial charge < -0.3 is 18.8 Å². The van der Waals surface area contributed by atoms with E-state index >= 15 is 0 Å². The Kier molecular flexibility index (Phi) is 7.94. The molecule has 0 N–H and O–H groups in total. The molecule has 0 aliphatic carbocycles. The fraction of sp³-hybridized carbons (Fsp3) is 0.172.